The average Bonchev–Trinajstić information content (AvgIpc) is 1.90. The Morgan fingerprint density at radius 3 is 3.00 bits per heavy atom. The van der Waals surface area contributed by atoms with Crippen LogP contribution in [0.25, 0.3) is 0 Å². The highest BCUT2D eigenvalue weighted by Crippen LogP contribution is 2.10. The third kappa shape index (κ3) is 1.52. The molecule has 2 nitrogen and oxygen atoms in total. The van der Waals surface area contributed by atoms with Gasteiger partial charge in [0.25, 0.3) is 0 Å². The fraction of sp³-hybridized carbons (Fsp3) is 0.500. The Morgan fingerprint density at radius 2 is 2.56 bits per heavy atom. The van der Waals surface area contributed by atoms with Crippen LogP contribution in [0, 0.1) is 0 Å². The standard InChI is InChI=1S/C6H9FN2/c7-5-1-3-6(9-8)4-2-5/h1,3,5H,2,4,8H2/b9-6+. The first-order chi connectivity index (χ1) is 4.33. The van der Waals surface area contributed by atoms with Crippen molar-refractivity contribution in [3.05, 3.63) is 12.2 Å². The van der Waals surface area contributed by atoms with Gasteiger partial charge in [-0.3, -0.25) is 0 Å². The van der Waals surface area contributed by atoms with Crippen molar-refractivity contribution in [2.45, 2.75) is 19.0 Å². The van der Waals surface area contributed by atoms with Gasteiger partial charge < -0.3 is 5.84 Å². The van der Waals surface area contributed by atoms with E-state index in [4.69, 9.17) is 5.84 Å². The van der Waals surface area contributed by atoms with E-state index >= 15 is 0 Å². The van der Waals surface area contributed by atoms with Crippen molar-refractivity contribution in [3.8, 4) is 0 Å². The topological polar surface area (TPSA) is 38.4 Å². The monoisotopic (exact) mass is 128 g/mol. The van der Waals surface area contributed by atoms with Crippen molar-refractivity contribution in [2.75, 3.05) is 0 Å². The molecule has 0 heterocycles. The summed E-state index contributed by atoms with van der Waals surface area (Å²) in [5, 5.41) is 3.45. The first kappa shape index (κ1) is 6.26. The number of hydrogen-bond acceptors (Lipinski definition) is 2. The van der Waals surface area contributed by atoms with Crippen LogP contribution in [0.3, 0.4) is 0 Å². The lowest BCUT2D eigenvalue weighted by molar-refractivity contribution is 0.380. The molecule has 2 N–H and O–H groups in total. The molecule has 1 atom stereocenters. The van der Waals surface area contributed by atoms with Gasteiger partial charge in [-0.1, -0.05) is 0 Å². The van der Waals surface area contributed by atoms with Gasteiger partial charge in [0.2, 0.25) is 0 Å². The van der Waals surface area contributed by atoms with Crippen LogP contribution in [0.4, 0.5) is 4.39 Å². The van der Waals surface area contributed by atoms with Crippen molar-refractivity contribution in [1.29, 1.82) is 0 Å². The molecular formula is C6H9FN2. The highest BCUT2D eigenvalue weighted by Gasteiger charge is 2.08. The molecule has 3 heteroatoms. The molecule has 0 aromatic heterocycles. The number of nitrogens with two attached hydrogens (primary N) is 1. The molecule has 0 bridgehead atoms. The van der Waals surface area contributed by atoms with Crippen LogP contribution >= 0.6 is 0 Å². The highest BCUT2D eigenvalue weighted by atomic mass is 19.1. The summed E-state index contributed by atoms with van der Waals surface area (Å²) in [6.07, 6.45) is 3.50. The third-order valence-corrected chi connectivity index (χ3v) is 1.34. The van der Waals surface area contributed by atoms with Crippen LogP contribution < -0.4 is 5.84 Å². The molecule has 1 aliphatic carbocycles. The fourth-order valence-electron chi connectivity index (χ4n) is 0.788. The molecule has 0 aliphatic heterocycles. The Morgan fingerprint density at radius 1 is 1.78 bits per heavy atom. The van der Waals surface area contributed by atoms with Gasteiger partial charge in [0, 0.05) is 0 Å². The number of rotatable bonds is 0. The summed E-state index contributed by atoms with van der Waals surface area (Å²) in [4.78, 5) is 0. The SMILES string of the molecule is N/N=C1\C=CC(F)CC1. The Labute approximate surface area is 53.2 Å². The van der Waals surface area contributed by atoms with Crippen LogP contribution in [0.5, 0.6) is 0 Å². The maximum atomic E-state index is 12.3. The minimum absolute atomic E-state index is 0.520. The zero-order valence-electron chi connectivity index (χ0n) is 5.05. The lowest BCUT2D eigenvalue weighted by Gasteiger charge is -2.07. The predicted molar refractivity (Wildman–Crippen MR) is 34.9 cm³/mol. The second-order valence-corrected chi connectivity index (χ2v) is 2.03. The average molecular weight is 128 g/mol. The fourth-order valence-corrected chi connectivity index (χ4v) is 0.788. The molecule has 50 valence electrons. The van der Waals surface area contributed by atoms with E-state index in [1.807, 2.05) is 0 Å². The van der Waals surface area contributed by atoms with Gasteiger partial charge in [-0.2, -0.15) is 5.10 Å². The van der Waals surface area contributed by atoms with Gasteiger partial charge in [0.15, 0.2) is 0 Å². The lowest BCUT2D eigenvalue weighted by atomic mass is 10.1. The molecular weight excluding hydrogens is 119 g/mol. The van der Waals surface area contributed by atoms with Crippen molar-refractivity contribution in [1.82, 2.24) is 0 Å². The molecule has 0 saturated heterocycles. The Balaban J connectivity index is 2.58. The van der Waals surface area contributed by atoms with Crippen molar-refractivity contribution >= 4 is 5.71 Å². The number of alkyl halides is 1. The molecule has 9 heavy (non-hydrogen) atoms. The Hall–Kier alpha value is -0.860. The highest BCUT2D eigenvalue weighted by molar-refractivity contribution is 5.95. The van der Waals surface area contributed by atoms with E-state index < -0.39 is 6.17 Å². The van der Waals surface area contributed by atoms with E-state index in [0.29, 0.717) is 12.8 Å². The van der Waals surface area contributed by atoms with E-state index in [2.05, 4.69) is 5.10 Å². The van der Waals surface area contributed by atoms with E-state index in [1.54, 1.807) is 6.08 Å². The first-order valence-electron chi connectivity index (χ1n) is 2.92. The van der Waals surface area contributed by atoms with Crippen molar-refractivity contribution in [2.24, 2.45) is 10.9 Å². The minimum Gasteiger partial charge on any atom is -0.323 e. The minimum atomic E-state index is -0.796. The molecule has 0 fully saturated rings. The van der Waals surface area contributed by atoms with Crippen LogP contribution in [-0.4, -0.2) is 11.9 Å². The molecule has 0 saturated carbocycles. The summed E-state index contributed by atoms with van der Waals surface area (Å²) in [5.41, 5.74) is 0.781. The van der Waals surface area contributed by atoms with E-state index in [-0.39, 0.29) is 0 Å². The normalized spacial score (nSPS) is 31.2. The van der Waals surface area contributed by atoms with Gasteiger partial charge in [-0.05, 0) is 25.0 Å². The number of allylic oxidation sites excluding steroid dienone is 2. The Bertz CT molecular complexity index is 151. The van der Waals surface area contributed by atoms with Gasteiger partial charge in [-0.15, -0.1) is 0 Å². The molecule has 0 radical (unpaired) electrons. The number of hydrogen-bond donors (Lipinski definition) is 1. The van der Waals surface area contributed by atoms with E-state index in [0.717, 1.165) is 5.71 Å². The smallest absolute Gasteiger partial charge is 0.119 e. The molecule has 0 amide bonds. The van der Waals surface area contributed by atoms with Crippen LogP contribution in [-0.2, 0) is 0 Å². The van der Waals surface area contributed by atoms with Crippen LogP contribution in [0.1, 0.15) is 12.8 Å². The number of nitrogens with zero attached hydrogens (tertiary/aromatic N) is 1. The zero-order chi connectivity index (χ0) is 6.69. The van der Waals surface area contributed by atoms with Gasteiger partial charge in [-0.25, -0.2) is 4.39 Å². The van der Waals surface area contributed by atoms with Crippen molar-refractivity contribution < 1.29 is 4.39 Å². The maximum absolute atomic E-state index is 12.3. The summed E-state index contributed by atoms with van der Waals surface area (Å²) in [5.74, 6) is 4.96. The second-order valence-electron chi connectivity index (χ2n) is 2.03. The van der Waals surface area contributed by atoms with Crippen LogP contribution in [0.15, 0.2) is 17.3 Å². The van der Waals surface area contributed by atoms with Gasteiger partial charge >= 0.3 is 0 Å². The number of halogens is 1. The van der Waals surface area contributed by atoms with Crippen molar-refractivity contribution in [3.63, 3.8) is 0 Å². The number of hydrazone groups is 1. The molecule has 0 aromatic carbocycles. The van der Waals surface area contributed by atoms with E-state index in [1.165, 1.54) is 6.08 Å². The third-order valence-electron chi connectivity index (χ3n) is 1.34. The largest absolute Gasteiger partial charge is 0.323 e. The summed E-state index contributed by atoms with van der Waals surface area (Å²) in [7, 11) is 0. The molecule has 1 rings (SSSR count). The molecule has 1 unspecified atom stereocenters. The van der Waals surface area contributed by atoms with Gasteiger partial charge in [0.1, 0.15) is 6.17 Å². The van der Waals surface area contributed by atoms with Gasteiger partial charge in [0.05, 0.1) is 5.71 Å². The van der Waals surface area contributed by atoms with Crippen LogP contribution in [0.2, 0.25) is 0 Å². The molecule has 0 spiro atoms. The second kappa shape index (κ2) is 2.62. The lowest BCUT2D eigenvalue weighted by Crippen LogP contribution is -2.09. The predicted octanol–water partition coefficient (Wildman–Crippen LogP) is 0.989. The summed E-state index contributed by atoms with van der Waals surface area (Å²) < 4.78 is 12.3. The summed E-state index contributed by atoms with van der Waals surface area (Å²) in [6, 6.07) is 0. The first-order valence-corrected chi connectivity index (χ1v) is 2.92. The molecule has 1 aliphatic rings. The zero-order valence-corrected chi connectivity index (χ0v) is 5.05. The summed E-state index contributed by atoms with van der Waals surface area (Å²) in [6.45, 7) is 0. The maximum Gasteiger partial charge on any atom is 0.119 e. The molecule has 0 aromatic rings. The summed E-state index contributed by atoms with van der Waals surface area (Å²) >= 11 is 0. The Kier molecular flexibility index (Phi) is 1.82. The quantitative estimate of drug-likeness (QED) is 0.383. The van der Waals surface area contributed by atoms with E-state index in [9.17, 15) is 4.39 Å².